The van der Waals surface area contributed by atoms with Crippen LogP contribution >= 0.6 is 11.6 Å². The Hall–Kier alpha value is -0.800. The molecule has 4 heteroatoms. The van der Waals surface area contributed by atoms with Crippen molar-refractivity contribution in [1.82, 2.24) is 0 Å². The Morgan fingerprint density at radius 1 is 1.64 bits per heavy atom. The summed E-state index contributed by atoms with van der Waals surface area (Å²) in [6.45, 7) is 3.80. The van der Waals surface area contributed by atoms with Gasteiger partial charge in [0.2, 0.25) is 0 Å². The third-order valence-electron chi connectivity index (χ3n) is 2.25. The summed E-state index contributed by atoms with van der Waals surface area (Å²) in [7, 11) is 0. The molecule has 0 spiro atoms. The smallest absolute Gasteiger partial charge is 0.165 e. The van der Waals surface area contributed by atoms with Crippen molar-refractivity contribution in [1.29, 1.82) is 0 Å². The summed E-state index contributed by atoms with van der Waals surface area (Å²) in [6.07, 6.45) is 0. The number of nitrogens with two attached hydrogens (primary N) is 1. The molecule has 1 aromatic carbocycles. The Morgan fingerprint density at radius 3 is 2.71 bits per heavy atom. The Labute approximate surface area is 87.5 Å². The van der Waals surface area contributed by atoms with Gasteiger partial charge in [0.05, 0.1) is 5.02 Å². The highest BCUT2D eigenvalue weighted by Crippen LogP contribution is 2.36. The maximum absolute atomic E-state index is 13.2. The molecule has 0 amide bonds. The minimum atomic E-state index is -0.651. The molecular weight excluding hydrogens is 205 g/mol. The highest BCUT2D eigenvalue weighted by atomic mass is 35.5. The van der Waals surface area contributed by atoms with Crippen LogP contribution in [0, 0.1) is 12.7 Å². The zero-order valence-corrected chi connectivity index (χ0v) is 8.90. The lowest BCUT2D eigenvalue weighted by atomic mass is 9.98. The predicted molar refractivity (Wildman–Crippen MR) is 55.3 cm³/mol. The number of hydrogen-bond donors (Lipinski definition) is 2. The number of hydrogen-bond acceptors (Lipinski definition) is 2. The minimum absolute atomic E-state index is 0.156. The van der Waals surface area contributed by atoms with Gasteiger partial charge in [-0.05, 0) is 31.0 Å². The van der Waals surface area contributed by atoms with E-state index in [0.717, 1.165) is 0 Å². The maximum atomic E-state index is 13.2. The summed E-state index contributed by atoms with van der Waals surface area (Å²) in [5, 5.41) is 9.88. The van der Waals surface area contributed by atoms with Crippen LogP contribution in [0.25, 0.3) is 0 Å². The fourth-order valence-electron chi connectivity index (χ4n) is 1.33. The van der Waals surface area contributed by atoms with Gasteiger partial charge in [-0.25, -0.2) is 4.39 Å². The fourth-order valence-corrected chi connectivity index (χ4v) is 1.66. The standard InChI is InChI=1S/C10H13ClFNO/c1-5-3-7(12)10(14)8(9(5)11)6(2)4-13/h3,6,14H,4,13H2,1-2H3. The average Bonchev–Trinajstić information content (AvgIpc) is 2.15. The van der Waals surface area contributed by atoms with Crippen molar-refractivity contribution in [2.75, 3.05) is 6.54 Å². The van der Waals surface area contributed by atoms with E-state index in [1.165, 1.54) is 6.07 Å². The van der Waals surface area contributed by atoms with E-state index in [1.807, 2.05) is 0 Å². The minimum Gasteiger partial charge on any atom is -0.505 e. The molecule has 1 rings (SSSR count). The number of benzene rings is 1. The Kier molecular flexibility index (Phi) is 3.34. The number of phenols is 1. The second-order valence-electron chi connectivity index (χ2n) is 3.39. The molecule has 0 aromatic heterocycles. The van der Waals surface area contributed by atoms with Crippen LogP contribution in [0.1, 0.15) is 24.0 Å². The SMILES string of the molecule is Cc1cc(F)c(O)c(C(C)CN)c1Cl. The largest absolute Gasteiger partial charge is 0.505 e. The first kappa shape index (κ1) is 11.3. The molecule has 0 heterocycles. The van der Waals surface area contributed by atoms with E-state index in [0.29, 0.717) is 22.7 Å². The van der Waals surface area contributed by atoms with Crippen molar-refractivity contribution in [3.8, 4) is 5.75 Å². The van der Waals surface area contributed by atoms with Gasteiger partial charge in [0, 0.05) is 5.56 Å². The number of rotatable bonds is 2. The zero-order valence-electron chi connectivity index (χ0n) is 8.14. The Morgan fingerprint density at radius 2 is 2.21 bits per heavy atom. The monoisotopic (exact) mass is 217 g/mol. The molecule has 3 N–H and O–H groups in total. The molecular formula is C10H13ClFNO. The second-order valence-corrected chi connectivity index (χ2v) is 3.77. The number of phenolic OH excluding ortho intramolecular Hbond substituents is 1. The van der Waals surface area contributed by atoms with Gasteiger partial charge in [-0.1, -0.05) is 18.5 Å². The molecule has 0 saturated carbocycles. The van der Waals surface area contributed by atoms with Crippen LogP contribution in [-0.4, -0.2) is 11.7 Å². The molecule has 0 bridgehead atoms. The maximum Gasteiger partial charge on any atom is 0.165 e. The van der Waals surface area contributed by atoms with Gasteiger partial charge < -0.3 is 10.8 Å². The lowest BCUT2D eigenvalue weighted by Crippen LogP contribution is -2.10. The Balaban J connectivity index is 3.39. The average molecular weight is 218 g/mol. The fraction of sp³-hybridized carbons (Fsp3) is 0.400. The van der Waals surface area contributed by atoms with Crippen LogP contribution in [-0.2, 0) is 0 Å². The van der Waals surface area contributed by atoms with Gasteiger partial charge in [0.1, 0.15) is 0 Å². The van der Waals surface area contributed by atoms with E-state index in [2.05, 4.69) is 0 Å². The zero-order chi connectivity index (χ0) is 10.9. The van der Waals surface area contributed by atoms with Crippen molar-refractivity contribution in [2.45, 2.75) is 19.8 Å². The highest BCUT2D eigenvalue weighted by molar-refractivity contribution is 6.32. The summed E-state index contributed by atoms with van der Waals surface area (Å²) in [4.78, 5) is 0. The Bertz CT molecular complexity index is 328. The van der Waals surface area contributed by atoms with E-state index in [-0.39, 0.29) is 5.92 Å². The second kappa shape index (κ2) is 4.15. The molecule has 0 aliphatic carbocycles. The van der Waals surface area contributed by atoms with Gasteiger partial charge in [-0.2, -0.15) is 0 Å². The van der Waals surface area contributed by atoms with E-state index >= 15 is 0 Å². The van der Waals surface area contributed by atoms with E-state index in [9.17, 15) is 9.50 Å². The molecule has 1 aromatic rings. The molecule has 14 heavy (non-hydrogen) atoms. The van der Waals surface area contributed by atoms with E-state index in [4.69, 9.17) is 17.3 Å². The molecule has 0 aliphatic heterocycles. The van der Waals surface area contributed by atoms with Crippen molar-refractivity contribution in [2.24, 2.45) is 5.73 Å². The van der Waals surface area contributed by atoms with Gasteiger partial charge in [-0.15, -0.1) is 0 Å². The normalized spacial score (nSPS) is 12.9. The lowest BCUT2D eigenvalue weighted by molar-refractivity contribution is 0.421. The van der Waals surface area contributed by atoms with Gasteiger partial charge in [0.15, 0.2) is 11.6 Å². The molecule has 0 aliphatic rings. The van der Waals surface area contributed by atoms with E-state index < -0.39 is 11.6 Å². The van der Waals surface area contributed by atoms with Gasteiger partial charge in [-0.3, -0.25) is 0 Å². The van der Waals surface area contributed by atoms with Crippen molar-refractivity contribution < 1.29 is 9.50 Å². The van der Waals surface area contributed by atoms with Crippen molar-refractivity contribution >= 4 is 11.6 Å². The van der Waals surface area contributed by atoms with Gasteiger partial charge in [0.25, 0.3) is 0 Å². The van der Waals surface area contributed by atoms with Crippen molar-refractivity contribution in [3.63, 3.8) is 0 Å². The molecule has 2 nitrogen and oxygen atoms in total. The van der Waals surface area contributed by atoms with Crippen LogP contribution in [0.5, 0.6) is 5.75 Å². The third kappa shape index (κ3) is 1.83. The van der Waals surface area contributed by atoms with E-state index in [1.54, 1.807) is 13.8 Å². The molecule has 78 valence electrons. The number of aromatic hydroxyl groups is 1. The summed E-state index contributed by atoms with van der Waals surface area (Å²) in [5.41, 5.74) is 6.45. The first-order valence-corrected chi connectivity index (χ1v) is 4.74. The number of halogens is 2. The van der Waals surface area contributed by atoms with Crippen LogP contribution in [0.2, 0.25) is 5.02 Å². The first-order valence-electron chi connectivity index (χ1n) is 4.36. The van der Waals surface area contributed by atoms with Crippen LogP contribution in [0.4, 0.5) is 4.39 Å². The molecule has 0 fully saturated rings. The predicted octanol–water partition coefficient (Wildman–Crippen LogP) is 2.56. The molecule has 0 saturated heterocycles. The summed E-state index contributed by atoms with van der Waals surface area (Å²) in [5.74, 6) is -1.20. The van der Waals surface area contributed by atoms with Crippen LogP contribution in [0.15, 0.2) is 6.07 Å². The topological polar surface area (TPSA) is 46.2 Å². The van der Waals surface area contributed by atoms with Gasteiger partial charge >= 0.3 is 0 Å². The quantitative estimate of drug-likeness (QED) is 0.800. The lowest BCUT2D eigenvalue weighted by Gasteiger charge is -2.15. The molecule has 1 atom stereocenters. The summed E-state index contributed by atoms with van der Waals surface area (Å²) >= 11 is 5.96. The molecule has 0 radical (unpaired) electrons. The number of aryl methyl sites for hydroxylation is 1. The third-order valence-corrected chi connectivity index (χ3v) is 2.76. The van der Waals surface area contributed by atoms with Crippen LogP contribution < -0.4 is 5.73 Å². The van der Waals surface area contributed by atoms with Crippen LogP contribution in [0.3, 0.4) is 0 Å². The molecule has 1 unspecified atom stereocenters. The highest BCUT2D eigenvalue weighted by Gasteiger charge is 2.18. The first-order chi connectivity index (χ1) is 6.49. The summed E-state index contributed by atoms with van der Waals surface area (Å²) < 4.78 is 13.2. The summed E-state index contributed by atoms with van der Waals surface area (Å²) in [6, 6.07) is 1.21. The van der Waals surface area contributed by atoms with Crippen molar-refractivity contribution in [3.05, 3.63) is 28.0 Å².